The molecule has 2 heterocycles. The number of nitrogens with zero attached hydrogens (tertiary/aromatic N) is 2. The van der Waals surface area contributed by atoms with E-state index in [2.05, 4.69) is 9.97 Å². The maximum Gasteiger partial charge on any atom is 0.219 e. The number of anilines is 1. The first kappa shape index (κ1) is 11.5. The third-order valence-corrected chi connectivity index (χ3v) is 2.93. The van der Waals surface area contributed by atoms with E-state index in [1.54, 1.807) is 12.4 Å². The van der Waals surface area contributed by atoms with E-state index in [1.165, 1.54) is 0 Å². The van der Waals surface area contributed by atoms with E-state index in [-0.39, 0.29) is 0 Å². The highest BCUT2D eigenvalue weighted by molar-refractivity contribution is 5.79. The van der Waals surface area contributed by atoms with E-state index in [9.17, 15) is 0 Å². The quantitative estimate of drug-likeness (QED) is 0.759. The molecule has 0 unspecified atom stereocenters. The summed E-state index contributed by atoms with van der Waals surface area (Å²) in [6.45, 7) is 1.92. The van der Waals surface area contributed by atoms with Gasteiger partial charge in [-0.2, -0.15) is 0 Å². The van der Waals surface area contributed by atoms with Gasteiger partial charge in [0.25, 0.3) is 0 Å². The summed E-state index contributed by atoms with van der Waals surface area (Å²) in [5.74, 6) is 1.24. The number of aromatic nitrogens is 2. The first-order valence-corrected chi connectivity index (χ1v) is 5.97. The van der Waals surface area contributed by atoms with E-state index in [1.807, 2.05) is 43.3 Å². The zero-order valence-electron chi connectivity index (χ0n) is 10.5. The van der Waals surface area contributed by atoms with Gasteiger partial charge in [0, 0.05) is 23.7 Å². The normalized spacial score (nSPS) is 10.6. The number of pyridine rings is 2. The van der Waals surface area contributed by atoms with Gasteiger partial charge in [-0.3, -0.25) is 4.98 Å². The predicted molar refractivity (Wildman–Crippen MR) is 75.2 cm³/mol. The number of ether oxygens (including phenoxy) is 1. The lowest BCUT2D eigenvalue weighted by Gasteiger charge is -2.07. The Labute approximate surface area is 110 Å². The van der Waals surface area contributed by atoms with Crippen molar-refractivity contribution in [3.05, 3.63) is 54.4 Å². The number of fused-ring (bicyclic) bond motifs is 1. The lowest BCUT2D eigenvalue weighted by Crippen LogP contribution is -1.94. The minimum atomic E-state index is 0.530. The van der Waals surface area contributed by atoms with E-state index < -0.39 is 0 Å². The van der Waals surface area contributed by atoms with Crippen molar-refractivity contribution in [3.63, 3.8) is 0 Å². The Morgan fingerprint density at radius 2 is 2.00 bits per heavy atom. The number of aryl methyl sites for hydroxylation is 1. The van der Waals surface area contributed by atoms with Crippen molar-refractivity contribution in [2.24, 2.45) is 0 Å². The van der Waals surface area contributed by atoms with Crippen LogP contribution >= 0.6 is 0 Å². The van der Waals surface area contributed by atoms with E-state index in [4.69, 9.17) is 10.5 Å². The summed E-state index contributed by atoms with van der Waals surface area (Å²) in [5.41, 5.74) is 8.23. The molecule has 3 aromatic rings. The molecular formula is C15H13N3O. The SMILES string of the molecule is Cc1cc(Oc2ccc3cccnc3c2)ncc1N. The largest absolute Gasteiger partial charge is 0.439 e. The number of nitrogens with two attached hydrogens (primary N) is 1. The highest BCUT2D eigenvalue weighted by atomic mass is 16.5. The molecule has 0 saturated carbocycles. The van der Waals surface area contributed by atoms with Crippen molar-refractivity contribution < 1.29 is 4.74 Å². The molecule has 3 rings (SSSR count). The van der Waals surface area contributed by atoms with Crippen LogP contribution in [0.2, 0.25) is 0 Å². The lowest BCUT2D eigenvalue weighted by molar-refractivity contribution is 0.463. The fourth-order valence-corrected chi connectivity index (χ4v) is 1.83. The number of rotatable bonds is 2. The molecule has 0 aliphatic carbocycles. The minimum Gasteiger partial charge on any atom is -0.439 e. The van der Waals surface area contributed by atoms with Gasteiger partial charge in [0.05, 0.1) is 17.4 Å². The summed E-state index contributed by atoms with van der Waals surface area (Å²) in [5, 5.41) is 1.08. The van der Waals surface area contributed by atoms with Gasteiger partial charge < -0.3 is 10.5 Å². The van der Waals surface area contributed by atoms with Gasteiger partial charge in [-0.25, -0.2) is 4.98 Å². The summed E-state index contributed by atoms with van der Waals surface area (Å²) in [6, 6.07) is 11.5. The molecule has 4 nitrogen and oxygen atoms in total. The standard InChI is InChI=1S/C15H13N3O/c1-10-7-15(18-9-13(10)16)19-12-5-4-11-3-2-6-17-14(11)8-12/h2-9H,16H2,1H3. The molecule has 0 fully saturated rings. The Bertz CT molecular complexity index is 740. The second kappa shape index (κ2) is 4.57. The molecule has 0 spiro atoms. The Hall–Kier alpha value is -2.62. The molecular weight excluding hydrogens is 238 g/mol. The minimum absolute atomic E-state index is 0.530. The van der Waals surface area contributed by atoms with E-state index >= 15 is 0 Å². The van der Waals surface area contributed by atoms with Gasteiger partial charge in [0.1, 0.15) is 5.75 Å². The van der Waals surface area contributed by atoms with Crippen LogP contribution in [-0.4, -0.2) is 9.97 Å². The molecule has 19 heavy (non-hydrogen) atoms. The predicted octanol–water partition coefficient (Wildman–Crippen LogP) is 3.31. The van der Waals surface area contributed by atoms with Gasteiger partial charge in [-0.05, 0) is 30.7 Å². The van der Waals surface area contributed by atoms with Gasteiger partial charge >= 0.3 is 0 Å². The fourth-order valence-electron chi connectivity index (χ4n) is 1.83. The van der Waals surface area contributed by atoms with Gasteiger partial charge in [-0.15, -0.1) is 0 Å². The molecule has 0 aliphatic rings. The average Bonchev–Trinajstić information content (AvgIpc) is 2.43. The molecule has 4 heteroatoms. The maximum atomic E-state index is 5.73. The van der Waals surface area contributed by atoms with Crippen molar-refractivity contribution in [1.82, 2.24) is 9.97 Å². The molecule has 94 valence electrons. The Morgan fingerprint density at radius 3 is 2.84 bits per heavy atom. The lowest BCUT2D eigenvalue weighted by atomic mass is 10.2. The van der Waals surface area contributed by atoms with Crippen LogP contribution in [0.4, 0.5) is 5.69 Å². The number of hydrogen-bond acceptors (Lipinski definition) is 4. The van der Waals surface area contributed by atoms with Crippen molar-refractivity contribution in [2.45, 2.75) is 6.92 Å². The zero-order chi connectivity index (χ0) is 13.2. The summed E-state index contributed by atoms with van der Waals surface area (Å²) < 4.78 is 5.72. The van der Waals surface area contributed by atoms with Gasteiger partial charge in [0.15, 0.2) is 0 Å². The molecule has 2 aromatic heterocycles. The monoisotopic (exact) mass is 251 g/mol. The van der Waals surface area contributed by atoms with Crippen molar-refractivity contribution in [2.75, 3.05) is 5.73 Å². The summed E-state index contributed by atoms with van der Waals surface area (Å²) in [6.07, 6.45) is 3.36. The van der Waals surface area contributed by atoms with Crippen LogP contribution in [0.25, 0.3) is 10.9 Å². The molecule has 1 aromatic carbocycles. The molecule has 2 N–H and O–H groups in total. The molecule has 0 saturated heterocycles. The fraction of sp³-hybridized carbons (Fsp3) is 0.0667. The second-order valence-electron chi connectivity index (χ2n) is 4.34. The van der Waals surface area contributed by atoms with Crippen molar-refractivity contribution >= 4 is 16.6 Å². The first-order valence-electron chi connectivity index (χ1n) is 5.97. The number of hydrogen-bond donors (Lipinski definition) is 1. The van der Waals surface area contributed by atoms with Crippen LogP contribution in [0.3, 0.4) is 0 Å². The van der Waals surface area contributed by atoms with E-state index in [0.29, 0.717) is 17.3 Å². The second-order valence-corrected chi connectivity index (χ2v) is 4.34. The Kier molecular flexibility index (Phi) is 2.76. The summed E-state index contributed by atoms with van der Waals surface area (Å²) >= 11 is 0. The molecule has 0 radical (unpaired) electrons. The smallest absolute Gasteiger partial charge is 0.219 e. The topological polar surface area (TPSA) is 61.0 Å². The molecule has 0 amide bonds. The number of benzene rings is 1. The Morgan fingerprint density at radius 1 is 1.11 bits per heavy atom. The van der Waals surface area contributed by atoms with Crippen molar-refractivity contribution in [1.29, 1.82) is 0 Å². The van der Waals surface area contributed by atoms with Crippen LogP contribution in [0.1, 0.15) is 5.56 Å². The third-order valence-electron chi connectivity index (χ3n) is 2.93. The molecule has 0 bridgehead atoms. The van der Waals surface area contributed by atoms with Gasteiger partial charge in [0.2, 0.25) is 5.88 Å². The molecule has 0 atom stereocenters. The van der Waals surface area contributed by atoms with Crippen molar-refractivity contribution in [3.8, 4) is 11.6 Å². The average molecular weight is 251 g/mol. The number of nitrogen functional groups attached to an aromatic ring is 1. The van der Waals surface area contributed by atoms with Crippen LogP contribution in [0.5, 0.6) is 11.6 Å². The zero-order valence-corrected chi connectivity index (χ0v) is 10.5. The van der Waals surface area contributed by atoms with E-state index in [0.717, 1.165) is 16.5 Å². The Balaban J connectivity index is 1.94. The molecule has 0 aliphatic heterocycles. The highest BCUT2D eigenvalue weighted by Crippen LogP contribution is 2.24. The summed E-state index contributed by atoms with van der Waals surface area (Å²) in [7, 11) is 0. The van der Waals surface area contributed by atoms with Gasteiger partial charge in [-0.1, -0.05) is 6.07 Å². The maximum absolute atomic E-state index is 5.73. The van der Waals surface area contributed by atoms with Crippen LogP contribution in [-0.2, 0) is 0 Å². The third kappa shape index (κ3) is 2.33. The summed E-state index contributed by atoms with van der Waals surface area (Å²) in [4.78, 5) is 8.44. The van der Waals surface area contributed by atoms with Crippen LogP contribution in [0, 0.1) is 6.92 Å². The van der Waals surface area contributed by atoms with Crippen LogP contribution < -0.4 is 10.5 Å². The first-order chi connectivity index (χ1) is 9.22. The highest BCUT2D eigenvalue weighted by Gasteiger charge is 2.03. The van der Waals surface area contributed by atoms with Crippen LogP contribution in [0.15, 0.2) is 48.8 Å².